The summed E-state index contributed by atoms with van der Waals surface area (Å²) in [6.45, 7) is 7.62. The second-order valence-electron chi connectivity index (χ2n) is 7.42. The first-order valence-corrected chi connectivity index (χ1v) is 11.9. The van der Waals surface area contributed by atoms with Crippen LogP contribution in [-0.4, -0.2) is 18.4 Å². The summed E-state index contributed by atoms with van der Waals surface area (Å²) in [5.74, 6) is -0.0177. The van der Waals surface area contributed by atoms with Gasteiger partial charge in [0.25, 0.3) is 10.0 Å². The Hall–Kier alpha value is -2.32. The van der Waals surface area contributed by atoms with Gasteiger partial charge >= 0.3 is 5.97 Å². The molecule has 6 nitrogen and oxygen atoms in total. The van der Waals surface area contributed by atoms with Gasteiger partial charge in [-0.25, -0.2) is 17.2 Å². The molecule has 0 radical (unpaired) electrons. The predicted octanol–water partition coefficient (Wildman–Crippen LogP) is 5.71. The molecule has 0 amide bonds. The van der Waals surface area contributed by atoms with Crippen LogP contribution in [0.1, 0.15) is 50.7 Å². The Morgan fingerprint density at radius 2 is 1.90 bits per heavy atom. The molecule has 30 heavy (non-hydrogen) atoms. The maximum Gasteiger partial charge on any atom is 0.355 e. The van der Waals surface area contributed by atoms with E-state index >= 15 is 0 Å². The number of halogens is 1. The van der Waals surface area contributed by atoms with Crippen LogP contribution in [0.3, 0.4) is 0 Å². The second kappa shape index (κ2) is 8.81. The number of hydrogen-bond acceptors (Lipinski definition) is 5. The van der Waals surface area contributed by atoms with Gasteiger partial charge in [-0.2, -0.15) is 0 Å². The largest absolute Gasteiger partial charge is 0.355 e. The number of hydrogen-bond donors (Lipinski definition) is 0. The Bertz CT molecular complexity index is 1200. The summed E-state index contributed by atoms with van der Waals surface area (Å²) in [5, 5.41) is 0.891. The lowest BCUT2D eigenvalue weighted by Crippen LogP contribution is -2.13. The molecule has 2 aromatic carbocycles. The Morgan fingerprint density at radius 1 is 1.17 bits per heavy atom. The number of aromatic nitrogens is 1. The van der Waals surface area contributed by atoms with E-state index in [0.29, 0.717) is 23.3 Å². The zero-order valence-corrected chi connectivity index (χ0v) is 19.7. The number of rotatable bonds is 7. The molecule has 0 N–H and O–H groups in total. The van der Waals surface area contributed by atoms with E-state index in [4.69, 9.17) is 9.78 Å². The van der Waals surface area contributed by atoms with Crippen LogP contribution < -0.4 is 4.89 Å². The molecule has 0 aliphatic carbocycles. The van der Waals surface area contributed by atoms with Crippen molar-refractivity contribution in [3.8, 4) is 5.75 Å². The molecule has 8 heteroatoms. The van der Waals surface area contributed by atoms with E-state index < -0.39 is 16.0 Å². The first kappa shape index (κ1) is 22.4. The van der Waals surface area contributed by atoms with Gasteiger partial charge in [0.2, 0.25) is 0 Å². The van der Waals surface area contributed by atoms with Gasteiger partial charge in [-0.1, -0.05) is 36.7 Å². The van der Waals surface area contributed by atoms with Gasteiger partial charge in [0.1, 0.15) is 0 Å². The monoisotopic (exact) mass is 493 g/mol. The third-order valence-corrected chi connectivity index (χ3v) is 6.93. The number of fused-ring (bicyclic) bond motifs is 1. The molecule has 0 spiro atoms. The smallest absolute Gasteiger partial charge is 0.287 e. The van der Waals surface area contributed by atoms with E-state index in [1.165, 1.54) is 22.2 Å². The molecule has 0 atom stereocenters. The van der Waals surface area contributed by atoms with Crippen LogP contribution in [0.2, 0.25) is 0 Å². The van der Waals surface area contributed by atoms with Gasteiger partial charge < -0.3 is 0 Å². The van der Waals surface area contributed by atoms with Crippen molar-refractivity contribution in [3.05, 3.63) is 58.2 Å². The summed E-state index contributed by atoms with van der Waals surface area (Å²) in [6, 6.07) is 10.0. The Morgan fingerprint density at radius 3 is 2.53 bits per heavy atom. The van der Waals surface area contributed by atoms with Gasteiger partial charge in [-0.3, -0.25) is 9.78 Å². The van der Waals surface area contributed by atoms with Crippen LogP contribution in [0.15, 0.2) is 52.0 Å². The first-order valence-electron chi connectivity index (χ1n) is 9.69. The average molecular weight is 494 g/mol. The SMILES string of the molecule is CCCC(=O)OOc1ccc(S(=O)(=O)n2cc(C(C)C)c3cc(Br)ccc32)cc1C. The quantitative estimate of drug-likeness (QED) is 0.311. The average Bonchev–Trinajstić information content (AvgIpc) is 3.07. The van der Waals surface area contributed by atoms with E-state index in [2.05, 4.69) is 15.9 Å². The molecule has 1 aromatic heterocycles. The fourth-order valence-electron chi connectivity index (χ4n) is 3.18. The van der Waals surface area contributed by atoms with Crippen molar-refractivity contribution in [1.29, 1.82) is 0 Å². The highest BCUT2D eigenvalue weighted by Crippen LogP contribution is 2.33. The molecule has 0 aliphatic rings. The fourth-order valence-corrected chi connectivity index (χ4v) is 5.01. The summed E-state index contributed by atoms with van der Waals surface area (Å²) in [5.41, 5.74) is 2.12. The molecular weight excluding hydrogens is 470 g/mol. The van der Waals surface area contributed by atoms with E-state index in [1.807, 2.05) is 32.9 Å². The molecular formula is C22H24BrNO5S. The van der Waals surface area contributed by atoms with Crippen LogP contribution in [0.4, 0.5) is 0 Å². The lowest BCUT2D eigenvalue weighted by atomic mass is 10.0. The summed E-state index contributed by atoms with van der Waals surface area (Å²) in [6.07, 6.45) is 2.59. The van der Waals surface area contributed by atoms with Gasteiger partial charge in [0, 0.05) is 22.5 Å². The number of carbonyl (C=O) groups excluding carboxylic acids is 1. The lowest BCUT2D eigenvalue weighted by Gasteiger charge is -2.11. The third kappa shape index (κ3) is 4.39. The highest BCUT2D eigenvalue weighted by atomic mass is 79.9. The standard InChI is InChI=1S/C22H24BrNO5S/c1-5-6-22(25)29-28-21-10-8-17(11-15(21)4)30(26,27)24-13-19(14(2)3)18-12-16(23)7-9-20(18)24/h7-14H,5-6H2,1-4H3. The van der Waals surface area contributed by atoms with Crippen molar-refractivity contribution >= 4 is 42.8 Å². The number of benzene rings is 2. The summed E-state index contributed by atoms with van der Waals surface area (Å²) in [4.78, 5) is 21.5. The topological polar surface area (TPSA) is 74.6 Å². The van der Waals surface area contributed by atoms with E-state index in [1.54, 1.807) is 19.2 Å². The number of nitrogens with zero attached hydrogens (tertiary/aromatic N) is 1. The van der Waals surface area contributed by atoms with Gasteiger partial charge in [0.05, 0.1) is 10.4 Å². The molecule has 0 saturated heterocycles. The highest BCUT2D eigenvalue weighted by molar-refractivity contribution is 9.10. The van der Waals surface area contributed by atoms with Gasteiger partial charge in [0.15, 0.2) is 5.75 Å². The van der Waals surface area contributed by atoms with Crippen molar-refractivity contribution in [3.63, 3.8) is 0 Å². The molecule has 0 fully saturated rings. The molecule has 160 valence electrons. The zero-order valence-electron chi connectivity index (χ0n) is 17.3. The maximum absolute atomic E-state index is 13.4. The minimum atomic E-state index is -3.83. The van der Waals surface area contributed by atoms with Crippen LogP contribution in [0.5, 0.6) is 5.75 Å². The molecule has 0 aliphatic heterocycles. The van der Waals surface area contributed by atoms with Crippen molar-refractivity contribution in [2.75, 3.05) is 0 Å². The minimum absolute atomic E-state index is 0.127. The fraction of sp³-hybridized carbons (Fsp3) is 0.318. The van der Waals surface area contributed by atoms with Gasteiger partial charge in [-0.05, 0) is 66.8 Å². The van der Waals surface area contributed by atoms with E-state index in [0.717, 1.165) is 15.4 Å². The van der Waals surface area contributed by atoms with E-state index in [9.17, 15) is 13.2 Å². The summed E-state index contributed by atoms with van der Waals surface area (Å²) in [7, 11) is -3.83. The number of aryl methyl sites for hydroxylation is 1. The van der Waals surface area contributed by atoms with Crippen molar-refractivity contribution in [2.45, 2.75) is 51.3 Å². The molecule has 0 saturated carbocycles. The zero-order chi connectivity index (χ0) is 22.1. The lowest BCUT2D eigenvalue weighted by molar-refractivity contribution is -0.214. The molecule has 3 aromatic rings. The second-order valence-corrected chi connectivity index (χ2v) is 10.1. The van der Waals surface area contributed by atoms with Crippen LogP contribution in [-0.2, 0) is 19.7 Å². The molecule has 3 rings (SSSR count). The Balaban J connectivity index is 2.00. The third-order valence-electron chi connectivity index (χ3n) is 4.77. The van der Waals surface area contributed by atoms with Crippen molar-refractivity contribution in [1.82, 2.24) is 3.97 Å². The van der Waals surface area contributed by atoms with E-state index in [-0.39, 0.29) is 17.2 Å². The Labute approximate surface area is 184 Å². The van der Waals surface area contributed by atoms with Crippen LogP contribution in [0.25, 0.3) is 10.9 Å². The molecule has 0 bridgehead atoms. The van der Waals surface area contributed by atoms with Crippen LogP contribution >= 0.6 is 15.9 Å². The molecule has 0 unspecified atom stereocenters. The summed E-state index contributed by atoms with van der Waals surface area (Å²) < 4.78 is 29.0. The minimum Gasteiger partial charge on any atom is -0.287 e. The molecule has 1 heterocycles. The maximum atomic E-state index is 13.4. The van der Waals surface area contributed by atoms with Crippen molar-refractivity contribution < 1.29 is 23.0 Å². The van der Waals surface area contributed by atoms with Crippen LogP contribution in [0, 0.1) is 6.92 Å². The summed E-state index contributed by atoms with van der Waals surface area (Å²) >= 11 is 3.46. The Kier molecular flexibility index (Phi) is 6.57. The number of carbonyl (C=O) groups is 1. The normalized spacial score (nSPS) is 11.8. The van der Waals surface area contributed by atoms with Gasteiger partial charge in [-0.15, -0.1) is 0 Å². The predicted molar refractivity (Wildman–Crippen MR) is 119 cm³/mol. The van der Waals surface area contributed by atoms with Crippen molar-refractivity contribution in [2.24, 2.45) is 0 Å². The highest BCUT2D eigenvalue weighted by Gasteiger charge is 2.23. The first-order chi connectivity index (χ1) is 14.1.